The molecule has 0 radical (unpaired) electrons. The van der Waals surface area contributed by atoms with Crippen LogP contribution in [-0.4, -0.2) is 60.2 Å². The van der Waals surface area contributed by atoms with Crippen LogP contribution in [0.4, 0.5) is 0 Å². The predicted molar refractivity (Wildman–Crippen MR) is 81.9 cm³/mol. The van der Waals surface area contributed by atoms with E-state index in [2.05, 4.69) is 23.6 Å². The largest absolute Gasteiger partial charge is 0.496 e. The number of nitrogens with zero attached hydrogens (tertiary/aromatic N) is 2. The van der Waals surface area contributed by atoms with Gasteiger partial charge in [-0.3, -0.25) is 9.80 Å². The van der Waals surface area contributed by atoms with Crippen LogP contribution in [0, 0.1) is 0 Å². The van der Waals surface area contributed by atoms with Crippen LogP contribution >= 0.6 is 0 Å². The number of hydrogen-bond acceptors (Lipinski definition) is 4. The summed E-state index contributed by atoms with van der Waals surface area (Å²) in [6.45, 7) is 9.41. The third kappa shape index (κ3) is 3.95. The van der Waals surface area contributed by atoms with Crippen LogP contribution in [-0.2, 0) is 6.54 Å². The van der Waals surface area contributed by atoms with Crippen LogP contribution in [0.5, 0.6) is 5.75 Å². The van der Waals surface area contributed by atoms with Crippen molar-refractivity contribution in [2.45, 2.75) is 26.4 Å². The number of piperazine rings is 1. The maximum atomic E-state index is 11.2. The van der Waals surface area contributed by atoms with Gasteiger partial charge < -0.3 is 9.84 Å². The highest BCUT2D eigenvalue weighted by molar-refractivity contribution is 5.91. The van der Waals surface area contributed by atoms with E-state index in [-0.39, 0.29) is 5.56 Å². The van der Waals surface area contributed by atoms with Gasteiger partial charge >= 0.3 is 5.97 Å². The number of carboxylic acids is 1. The van der Waals surface area contributed by atoms with E-state index in [0.29, 0.717) is 11.8 Å². The van der Waals surface area contributed by atoms with Crippen LogP contribution in [0.25, 0.3) is 0 Å². The second-order valence-electron chi connectivity index (χ2n) is 5.75. The van der Waals surface area contributed by atoms with E-state index in [1.807, 2.05) is 6.07 Å². The van der Waals surface area contributed by atoms with Gasteiger partial charge in [-0.1, -0.05) is 6.07 Å². The van der Waals surface area contributed by atoms with E-state index in [0.717, 1.165) is 38.3 Å². The Labute approximate surface area is 126 Å². The third-order valence-electron chi connectivity index (χ3n) is 4.04. The van der Waals surface area contributed by atoms with Crippen molar-refractivity contribution in [2.75, 3.05) is 33.3 Å². The highest BCUT2D eigenvalue weighted by Gasteiger charge is 2.19. The highest BCUT2D eigenvalue weighted by atomic mass is 16.5. The number of ether oxygens (including phenoxy) is 1. The van der Waals surface area contributed by atoms with Crippen molar-refractivity contribution in [3.8, 4) is 5.75 Å². The van der Waals surface area contributed by atoms with Crippen molar-refractivity contribution in [2.24, 2.45) is 0 Å². The number of carboxylic acid groups (broad SMARTS) is 1. The fourth-order valence-corrected chi connectivity index (χ4v) is 2.72. The molecule has 1 aliphatic heterocycles. The van der Waals surface area contributed by atoms with E-state index in [4.69, 9.17) is 4.74 Å². The summed E-state index contributed by atoms with van der Waals surface area (Å²) in [5.41, 5.74) is 1.25. The van der Waals surface area contributed by atoms with Gasteiger partial charge in [0.25, 0.3) is 0 Å². The van der Waals surface area contributed by atoms with Gasteiger partial charge in [0, 0.05) is 38.8 Å². The summed E-state index contributed by atoms with van der Waals surface area (Å²) in [6.07, 6.45) is 0. The first-order valence-electron chi connectivity index (χ1n) is 7.38. The molecule has 1 fully saturated rings. The summed E-state index contributed by atoms with van der Waals surface area (Å²) in [5, 5.41) is 9.22. The SMILES string of the molecule is COc1ccc(CN2CCN(C(C)C)CC2)cc1C(=O)O. The van der Waals surface area contributed by atoms with Crippen LogP contribution in [0.2, 0.25) is 0 Å². The molecular formula is C16H24N2O3. The Hall–Kier alpha value is -1.59. The predicted octanol–water partition coefficient (Wildman–Crippen LogP) is 1.92. The zero-order valence-electron chi connectivity index (χ0n) is 13.0. The molecular weight excluding hydrogens is 268 g/mol. The van der Waals surface area contributed by atoms with Crippen molar-refractivity contribution in [1.29, 1.82) is 0 Å². The summed E-state index contributed by atoms with van der Waals surface area (Å²) < 4.78 is 5.09. The topological polar surface area (TPSA) is 53.0 Å². The zero-order valence-corrected chi connectivity index (χ0v) is 13.0. The molecule has 1 aliphatic rings. The summed E-state index contributed by atoms with van der Waals surface area (Å²) >= 11 is 0. The van der Waals surface area contributed by atoms with Crippen LogP contribution < -0.4 is 4.74 Å². The van der Waals surface area contributed by atoms with E-state index in [1.54, 1.807) is 12.1 Å². The van der Waals surface area contributed by atoms with E-state index in [9.17, 15) is 9.90 Å². The average Bonchev–Trinajstić information content (AvgIpc) is 2.47. The molecule has 2 rings (SSSR count). The number of aromatic carboxylic acids is 1. The summed E-state index contributed by atoms with van der Waals surface area (Å²) in [6, 6.07) is 5.99. The van der Waals surface area contributed by atoms with Gasteiger partial charge in [0.1, 0.15) is 11.3 Å². The molecule has 1 aromatic rings. The van der Waals surface area contributed by atoms with Gasteiger partial charge in [0.05, 0.1) is 7.11 Å². The number of rotatable bonds is 5. The highest BCUT2D eigenvalue weighted by Crippen LogP contribution is 2.21. The summed E-state index contributed by atoms with van der Waals surface area (Å²) in [7, 11) is 1.49. The molecule has 0 aliphatic carbocycles. The number of hydrogen-bond donors (Lipinski definition) is 1. The molecule has 0 unspecified atom stereocenters. The molecule has 1 saturated heterocycles. The lowest BCUT2D eigenvalue weighted by Gasteiger charge is -2.37. The lowest BCUT2D eigenvalue weighted by atomic mass is 10.1. The van der Waals surface area contributed by atoms with Crippen LogP contribution in [0.1, 0.15) is 29.8 Å². The molecule has 1 aromatic carbocycles. The molecule has 1 N–H and O–H groups in total. The number of carbonyl (C=O) groups is 1. The van der Waals surface area contributed by atoms with Gasteiger partial charge in [-0.05, 0) is 31.5 Å². The fraction of sp³-hybridized carbons (Fsp3) is 0.562. The molecule has 1 heterocycles. The van der Waals surface area contributed by atoms with Gasteiger partial charge in [-0.2, -0.15) is 0 Å². The first-order chi connectivity index (χ1) is 10.0. The van der Waals surface area contributed by atoms with Crippen molar-refractivity contribution in [3.05, 3.63) is 29.3 Å². The Morgan fingerprint density at radius 3 is 2.48 bits per heavy atom. The second-order valence-corrected chi connectivity index (χ2v) is 5.75. The number of methoxy groups -OCH3 is 1. The van der Waals surface area contributed by atoms with Crippen molar-refractivity contribution < 1.29 is 14.6 Å². The molecule has 116 valence electrons. The molecule has 0 atom stereocenters. The van der Waals surface area contributed by atoms with Crippen molar-refractivity contribution in [3.63, 3.8) is 0 Å². The minimum absolute atomic E-state index is 0.232. The van der Waals surface area contributed by atoms with Crippen LogP contribution in [0.15, 0.2) is 18.2 Å². The normalized spacial score (nSPS) is 17.1. The fourth-order valence-electron chi connectivity index (χ4n) is 2.72. The second kappa shape index (κ2) is 6.91. The Balaban J connectivity index is 2.01. The standard InChI is InChI=1S/C16H24N2O3/c1-12(2)18-8-6-17(7-9-18)11-13-4-5-15(21-3)14(10-13)16(19)20/h4-5,10,12H,6-9,11H2,1-3H3,(H,19,20). The first-order valence-corrected chi connectivity index (χ1v) is 7.38. The van der Waals surface area contributed by atoms with E-state index in [1.165, 1.54) is 7.11 Å². The first kappa shape index (κ1) is 15.8. The third-order valence-corrected chi connectivity index (χ3v) is 4.04. The smallest absolute Gasteiger partial charge is 0.339 e. The Morgan fingerprint density at radius 1 is 1.29 bits per heavy atom. The lowest BCUT2D eigenvalue weighted by Crippen LogP contribution is -2.48. The minimum Gasteiger partial charge on any atom is -0.496 e. The molecule has 0 saturated carbocycles. The summed E-state index contributed by atoms with van der Waals surface area (Å²) in [5.74, 6) is -0.533. The molecule has 0 spiro atoms. The Bertz CT molecular complexity index is 494. The Morgan fingerprint density at radius 2 is 1.95 bits per heavy atom. The maximum absolute atomic E-state index is 11.2. The van der Waals surface area contributed by atoms with Crippen LogP contribution in [0.3, 0.4) is 0 Å². The lowest BCUT2D eigenvalue weighted by molar-refractivity contribution is 0.0692. The van der Waals surface area contributed by atoms with Crippen molar-refractivity contribution >= 4 is 5.97 Å². The Kier molecular flexibility index (Phi) is 5.20. The van der Waals surface area contributed by atoms with Gasteiger partial charge in [0.15, 0.2) is 0 Å². The number of benzene rings is 1. The molecule has 5 heteroatoms. The van der Waals surface area contributed by atoms with Gasteiger partial charge in [0.2, 0.25) is 0 Å². The molecule has 0 amide bonds. The molecule has 5 nitrogen and oxygen atoms in total. The van der Waals surface area contributed by atoms with Crippen molar-refractivity contribution in [1.82, 2.24) is 9.80 Å². The van der Waals surface area contributed by atoms with E-state index < -0.39 is 5.97 Å². The van der Waals surface area contributed by atoms with Gasteiger partial charge in [-0.25, -0.2) is 4.79 Å². The zero-order chi connectivity index (χ0) is 15.4. The molecule has 0 aromatic heterocycles. The quantitative estimate of drug-likeness (QED) is 0.898. The summed E-state index contributed by atoms with van der Waals surface area (Å²) in [4.78, 5) is 16.1. The minimum atomic E-state index is -0.946. The van der Waals surface area contributed by atoms with E-state index >= 15 is 0 Å². The monoisotopic (exact) mass is 292 g/mol. The molecule has 21 heavy (non-hydrogen) atoms. The average molecular weight is 292 g/mol. The molecule has 0 bridgehead atoms. The maximum Gasteiger partial charge on any atom is 0.339 e. The van der Waals surface area contributed by atoms with Gasteiger partial charge in [-0.15, -0.1) is 0 Å².